The molecule has 1 unspecified atom stereocenters. The van der Waals surface area contributed by atoms with Crippen molar-refractivity contribution in [1.29, 1.82) is 0 Å². The van der Waals surface area contributed by atoms with Gasteiger partial charge in [-0.15, -0.1) is 0 Å². The van der Waals surface area contributed by atoms with Gasteiger partial charge in [-0.2, -0.15) is 0 Å². The fourth-order valence-electron chi connectivity index (χ4n) is 4.67. The number of fused-ring (bicyclic) bond motifs is 5. The van der Waals surface area contributed by atoms with E-state index in [0.29, 0.717) is 5.92 Å². The van der Waals surface area contributed by atoms with Crippen LogP contribution in [-0.4, -0.2) is 0 Å². The Morgan fingerprint density at radius 2 is 1.16 bits per heavy atom. The summed E-state index contributed by atoms with van der Waals surface area (Å²) in [6.45, 7) is 8.90. The summed E-state index contributed by atoms with van der Waals surface area (Å²) in [5.74, 6) is 0.576. The lowest BCUT2D eigenvalue weighted by atomic mass is 9.93. The molecule has 0 N–H and O–H groups in total. The van der Waals surface area contributed by atoms with Gasteiger partial charge in [-0.3, -0.25) is 0 Å². The van der Waals surface area contributed by atoms with Crippen LogP contribution >= 0.6 is 0 Å². The maximum atomic E-state index is 2.43. The fraction of sp³-hybridized carbons (Fsp3) is 0.200. The SMILES string of the molecule is CCC(C)c1ccc(N2c3ccc(C)cc3-c3ccccc3-c3cc(C)ccc32)cc1. The molecule has 0 bridgehead atoms. The summed E-state index contributed by atoms with van der Waals surface area (Å²) < 4.78 is 0. The number of nitrogens with zero attached hydrogens (tertiary/aromatic N) is 1. The summed E-state index contributed by atoms with van der Waals surface area (Å²) in [5, 5.41) is 0. The van der Waals surface area contributed by atoms with Gasteiger partial charge in [0, 0.05) is 16.8 Å². The Kier molecular flexibility index (Phi) is 4.90. The van der Waals surface area contributed by atoms with E-state index in [4.69, 9.17) is 0 Å². The summed E-state index contributed by atoms with van der Waals surface area (Å²) in [4.78, 5) is 2.43. The monoisotopic (exact) mass is 403 g/mol. The lowest BCUT2D eigenvalue weighted by Gasteiger charge is -2.28. The molecule has 5 rings (SSSR count). The number of benzene rings is 4. The van der Waals surface area contributed by atoms with Crippen LogP contribution in [0.5, 0.6) is 0 Å². The molecule has 154 valence electrons. The summed E-state index contributed by atoms with van der Waals surface area (Å²) in [6.07, 6.45) is 1.16. The Bertz CT molecular complexity index is 1180. The molecule has 0 amide bonds. The Balaban J connectivity index is 1.81. The quantitative estimate of drug-likeness (QED) is 0.290. The van der Waals surface area contributed by atoms with E-state index in [9.17, 15) is 0 Å². The molecule has 1 aliphatic heterocycles. The Morgan fingerprint density at radius 1 is 0.645 bits per heavy atom. The van der Waals surface area contributed by atoms with E-state index in [-0.39, 0.29) is 0 Å². The standard InChI is InChI=1S/C30H29N/c1-5-22(4)23-12-14-24(15-13-23)31-29-16-10-20(2)18-27(29)25-8-6-7-9-26(25)28-19-21(3)11-17-30(28)31/h6-19,22H,5H2,1-4H3. The zero-order chi connectivity index (χ0) is 21.5. The molecule has 0 fully saturated rings. The molecule has 1 atom stereocenters. The van der Waals surface area contributed by atoms with Crippen molar-refractivity contribution in [2.24, 2.45) is 0 Å². The molecular weight excluding hydrogens is 374 g/mol. The van der Waals surface area contributed by atoms with Crippen LogP contribution < -0.4 is 4.90 Å². The van der Waals surface area contributed by atoms with Crippen molar-refractivity contribution in [3.63, 3.8) is 0 Å². The first-order valence-electron chi connectivity index (χ1n) is 11.3. The van der Waals surface area contributed by atoms with E-state index in [1.165, 1.54) is 56.0 Å². The van der Waals surface area contributed by atoms with Crippen LogP contribution in [0.3, 0.4) is 0 Å². The van der Waals surface area contributed by atoms with E-state index in [2.05, 4.69) is 118 Å². The highest BCUT2D eigenvalue weighted by Crippen LogP contribution is 2.51. The third kappa shape index (κ3) is 3.35. The van der Waals surface area contributed by atoms with Gasteiger partial charge >= 0.3 is 0 Å². The molecule has 1 nitrogen and oxygen atoms in total. The summed E-state index contributed by atoms with van der Waals surface area (Å²) in [7, 11) is 0. The average molecular weight is 404 g/mol. The molecule has 0 saturated heterocycles. The van der Waals surface area contributed by atoms with Gasteiger partial charge in [-0.1, -0.05) is 73.5 Å². The lowest BCUT2D eigenvalue weighted by molar-refractivity contribution is 0.733. The second-order valence-electron chi connectivity index (χ2n) is 8.82. The zero-order valence-corrected chi connectivity index (χ0v) is 18.8. The van der Waals surface area contributed by atoms with Gasteiger partial charge in [0.15, 0.2) is 0 Å². The maximum Gasteiger partial charge on any atom is 0.0540 e. The molecule has 1 heterocycles. The molecule has 0 aliphatic carbocycles. The van der Waals surface area contributed by atoms with E-state index in [0.717, 1.165) is 6.42 Å². The van der Waals surface area contributed by atoms with Crippen molar-refractivity contribution in [2.75, 3.05) is 4.90 Å². The van der Waals surface area contributed by atoms with E-state index in [1.54, 1.807) is 0 Å². The van der Waals surface area contributed by atoms with E-state index < -0.39 is 0 Å². The first-order valence-corrected chi connectivity index (χ1v) is 11.3. The largest absolute Gasteiger partial charge is 0.309 e. The summed E-state index contributed by atoms with van der Waals surface area (Å²) in [6, 6.07) is 31.6. The predicted octanol–water partition coefficient (Wildman–Crippen LogP) is 8.93. The van der Waals surface area contributed by atoms with Crippen LogP contribution in [0, 0.1) is 13.8 Å². The van der Waals surface area contributed by atoms with Gasteiger partial charge in [0.2, 0.25) is 0 Å². The second kappa shape index (κ2) is 7.74. The minimum Gasteiger partial charge on any atom is -0.309 e. The number of rotatable bonds is 3. The Morgan fingerprint density at radius 3 is 1.65 bits per heavy atom. The minimum atomic E-state index is 0.576. The minimum absolute atomic E-state index is 0.576. The van der Waals surface area contributed by atoms with Crippen LogP contribution in [-0.2, 0) is 0 Å². The lowest BCUT2D eigenvalue weighted by Crippen LogP contribution is -2.11. The molecule has 0 spiro atoms. The molecule has 31 heavy (non-hydrogen) atoms. The average Bonchev–Trinajstić information content (AvgIpc) is 2.91. The van der Waals surface area contributed by atoms with Gasteiger partial charge in [-0.25, -0.2) is 0 Å². The molecule has 0 radical (unpaired) electrons. The molecule has 4 aromatic rings. The first kappa shape index (κ1) is 19.6. The van der Waals surface area contributed by atoms with Crippen molar-refractivity contribution in [3.8, 4) is 22.3 Å². The van der Waals surface area contributed by atoms with E-state index >= 15 is 0 Å². The second-order valence-corrected chi connectivity index (χ2v) is 8.82. The molecule has 0 saturated carbocycles. The summed E-state index contributed by atoms with van der Waals surface area (Å²) in [5.41, 5.74) is 12.8. The van der Waals surface area contributed by atoms with Crippen molar-refractivity contribution >= 4 is 17.1 Å². The first-order chi connectivity index (χ1) is 15.1. The van der Waals surface area contributed by atoms with E-state index in [1.807, 2.05) is 0 Å². The third-order valence-electron chi connectivity index (χ3n) is 6.63. The van der Waals surface area contributed by atoms with Crippen LogP contribution in [0.25, 0.3) is 22.3 Å². The number of anilines is 3. The highest BCUT2D eigenvalue weighted by Gasteiger charge is 2.26. The topological polar surface area (TPSA) is 3.24 Å². The number of hydrogen-bond donors (Lipinski definition) is 0. The number of aryl methyl sites for hydroxylation is 2. The fourth-order valence-corrected chi connectivity index (χ4v) is 4.67. The van der Waals surface area contributed by atoms with Gasteiger partial charge < -0.3 is 4.90 Å². The summed E-state index contributed by atoms with van der Waals surface area (Å²) >= 11 is 0. The predicted molar refractivity (Wildman–Crippen MR) is 134 cm³/mol. The molecular formula is C30H29N. The molecule has 1 heteroatoms. The van der Waals surface area contributed by atoms with Crippen LogP contribution in [0.2, 0.25) is 0 Å². The van der Waals surface area contributed by atoms with Crippen molar-refractivity contribution in [2.45, 2.75) is 40.0 Å². The molecule has 0 aromatic heterocycles. The maximum absolute atomic E-state index is 2.43. The molecule has 4 aromatic carbocycles. The van der Waals surface area contributed by atoms with Crippen molar-refractivity contribution in [1.82, 2.24) is 0 Å². The Hall–Kier alpha value is -3.32. The van der Waals surface area contributed by atoms with Crippen molar-refractivity contribution < 1.29 is 0 Å². The van der Waals surface area contributed by atoms with Gasteiger partial charge in [0.05, 0.1) is 11.4 Å². The smallest absolute Gasteiger partial charge is 0.0540 e. The highest BCUT2D eigenvalue weighted by molar-refractivity contribution is 6.02. The van der Waals surface area contributed by atoms with Gasteiger partial charge in [0.25, 0.3) is 0 Å². The normalized spacial score (nSPS) is 13.1. The zero-order valence-electron chi connectivity index (χ0n) is 18.8. The van der Waals surface area contributed by atoms with Crippen LogP contribution in [0.15, 0.2) is 84.9 Å². The van der Waals surface area contributed by atoms with Gasteiger partial charge in [0.1, 0.15) is 0 Å². The molecule has 1 aliphatic rings. The highest BCUT2D eigenvalue weighted by atomic mass is 15.1. The van der Waals surface area contributed by atoms with Crippen LogP contribution in [0.4, 0.5) is 17.1 Å². The van der Waals surface area contributed by atoms with Crippen LogP contribution in [0.1, 0.15) is 42.9 Å². The van der Waals surface area contributed by atoms with Gasteiger partial charge in [-0.05, 0) is 79.3 Å². The van der Waals surface area contributed by atoms with Crippen molar-refractivity contribution in [3.05, 3.63) is 102 Å². The third-order valence-corrected chi connectivity index (χ3v) is 6.63. The Labute approximate surface area is 186 Å². The number of hydrogen-bond acceptors (Lipinski definition) is 1.